The second kappa shape index (κ2) is 18.9. The van der Waals surface area contributed by atoms with E-state index in [1.807, 2.05) is 41.5 Å². The maximum atomic E-state index is 12.9. The van der Waals surface area contributed by atoms with Crippen molar-refractivity contribution in [2.75, 3.05) is 0 Å². The molecule has 0 saturated heterocycles. The highest BCUT2D eigenvalue weighted by Crippen LogP contribution is 2.26. The third-order valence-corrected chi connectivity index (χ3v) is 2.95. The normalized spacial score (nSPS) is 15.6. The molecule has 0 amide bonds. The number of hydrogen-bond acceptors (Lipinski definition) is 1. The van der Waals surface area contributed by atoms with E-state index < -0.39 is 5.83 Å². The first-order valence-corrected chi connectivity index (χ1v) is 8.62. The van der Waals surface area contributed by atoms with Gasteiger partial charge in [-0.3, -0.25) is 4.99 Å². The van der Waals surface area contributed by atoms with Gasteiger partial charge in [0, 0.05) is 0 Å². The molecule has 0 spiro atoms. The summed E-state index contributed by atoms with van der Waals surface area (Å²) in [4.78, 5) is 4.14. The van der Waals surface area contributed by atoms with Crippen LogP contribution in [0.25, 0.3) is 0 Å². The molecule has 0 aromatic rings. The Morgan fingerprint density at radius 3 is 1.91 bits per heavy atom. The maximum absolute atomic E-state index is 12.9. The van der Waals surface area contributed by atoms with E-state index in [9.17, 15) is 4.39 Å². The van der Waals surface area contributed by atoms with E-state index in [1.165, 1.54) is 12.8 Å². The number of rotatable bonds is 4. The monoisotopic (exact) mass is 343 g/mol. The van der Waals surface area contributed by atoms with Crippen molar-refractivity contribution in [2.24, 2.45) is 10.9 Å². The van der Waals surface area contributed by atoms with Crippen LogP contribution in [0, 0.1) is 5.92 Å². The summed E-state index contributed by atoms with van der Waals surface area (Å²) < 4.78 is 12.9. The highest BCUT2D eigenvalue weighted by molar-refractivity contribution is 6.31. The first-order chi connectivity index (χ1) is 10.8. The van der Waals surface area contributed by atoms with Gasteiger partial charge in [-0.2, -0.15) is 0 Å². The van der Waals surface area contributed by atoms with E-state index >= 15 is 0 Å². The van der Waals surface area contributed by atoms with Crippen molar-refractivity contribution in [1.29, 1.82) is 0 Å². The zero-order valence-corrected chi connectivity index (χ0v) is 16.8. The quantitative estimate of drug-likeness (QED) is 0.282. The Balaban J connectivity index is -0.000000361. The van der Waals surface area contributed by atoms with Crippen molar-refractivity contribution in [3.05, 3.63) is 47.8 Å². The van der Waals surface area contributed by atoms with Crippen LogP contribution >= 0.6 is 11.6 Å². The van der Waals surface area contributed by atoms with E-state index in [0.717, 1.165) is 17.6 Å². The van der Waals surface area contributed by atoms with Gasteiger partial charge in [0.2, 0.25) is 0 Å². The first kappa shape index (κ1) is 26.7. The van der Waals surface area contributed by atoms with Gasteiger partial charge in [0.05, 0.1) is 11.1 Å². The Kier molecular flexibility index (Phi) is 22.0. The van der Waals surface area contributed by atoms with Crippen LogP contribution in [0.5, 0.6) is 0 Å². The molecule has 0 radical (unpaired) electrons. The molecule has 1 rings (SSSR count). The molecule has 1 atom stereocenters. The van der Waals surface area contributed by atoms with Crippen LogP contribution in [0.4, 0.5) is 4.39 Å². The van der Waals surface area contributed by atoms with Crippen LogP contribution in [0.3, 0.4) is 0 Å². The second-order valence-electron chi connectivity index (χ2n) is 4.96. The molecule has 0 aromatic carbocycles. The van der Waals surface area contributed by atoms with Crippen molar-refractivity contribution in [1.82, 2.24) is 0 Å². The average molecular weight is 344 g/mol. The molecular weight excluding hydrogens is 309 g/mol. The Bertz CT molecular complexity index is 390. The lowest BCUT2D eigenvalue weighted by Gasteiger charge is -2.05. The summed E-state index contributed by atoms with van der Waals surface area (Å²) in [5, 5.41) is 0.0654. The van der Waals surface area contributed by atoms with Crippen molar-refractivity contribution in [3.63, 3.8) is 0 Å². The lowest BCUT2D eigenvalue weighted by atomic mass is 10.1. The fraction of sp³-hybridized carbons (Fsp3) is 0.550. The average Bonchev–Trinajstić information content (AvgIpc) is 3.32. The largest absolute Gasteiger partial charge is 0.290 e. The fourth-order valence-corrected chi connectivity index (χ4v) is 1.24. The van der Waals surface area contributed by atoms with Crippen molar-refractivity contribution >= 4 is 17.8 Å². The highest BCUT2D eigenvalue weighted by atomic mass is 35.5. The third kappa shape index (κ3) is 20.9. The smallest absolute Gasteiger partial charge is 0.141 e. The SMILES string of the molecule is C=C/C(F)=C(Cl)\C=C(/C)C(C)N=CC.C=CC.CC.CC1CC1. The summed E-state index contributed by atoms with van der Waals surface area (Å²) in [5.74, 6) is 0.568. The number of aliphatic imine (C=N–C) groups is 1. The Morgan fingerprint density at radius 1 is 1.26 bits per heavy atom. The van der Waals surface area contributed by atoms with E-state index in [2.05, 4.69) is 25.1 Å². The molecule has 0 aliphatic heterocycles. The van der Waals surface area contributed by atoms with E-state index in [0.29, 0.717) is 0 Å². The van der Waals surface area contributed by atoms with Crippen LogP contribution < -0.4 is 0 Å². The molecule has 1 fully saturated rings. The zero-order chi connectivity index (χ0) is 18.8. The molecule has 3 heteroatoms. The van der Waals surface area contributed by atoms with E-state index in [1.54, 1.807) is 18.4 Å². The van der Waals surface area contributed by atoms with Crippen LogP contribution in [0.15, 0.2) is 52.8 Å². The van der Waals surface area contributed by atoms with Gasteiger partial charge in [-0.25, -0.2) is 4.39 Å². The Labute approximate surface area is 148 Å². The van der Waals surface area contributed by atoms with Crippen molar-refractivity contribution in [2.45, 2.75) is 67.3 Å². The minimum atomic E-state index is -0.515. The second-order valence-corrected chi connectivity index (χ2v) is 5.37. The third-order valence-electron chi connectivity index (χ3n) is 2.66. The van der Waals surface area contributed by atoms with Crippen LogP contribution in [0.1, 0.15) is 61.3 Å². The highest BCUT2D eigenvalue weighted by Gasteiger charge is 2.12. The summed E-state index contributed by atoms with van der Waals surface area (Å²) in [5.41, 5.74) is 0.908. The molecule has 1 unspecified atom stereocenters. The molecule has 0 aromatic heterocycles. The molecular formula is C20H35ClFN. The van der Waals surface area contributed by atoms with E-state index in [-0.39, 0.29) is 11.1 Å². The van der Waals surface area contributed by atoms with Gasteiger partial charge >= 0.3 is 0 Å². The predicted molar refractivity (Wildman–Crippen MR) is 107 cm³/mol. The number of allylic oxidation sites excluding steroid dienone is 5. The zero-order valence-electron chi connectivity index (χ0n) is 16.0. The lowest BCUT2D eigenvalue weighted by Crippen LogP contribution is -1.99. The summed E-state index contributed by atoms with van der Waals surface area (Å²) in [6.07, 6.45) is 9.08. The molecule has 1 nitrogen and oxygen atoms in total. The summed E-state index contributed by atoms with van der Waals surface area (Å²) in [7, 11) is 0. The molecule has 0 bridgehead atoms. The summed E-state index contributed by atoms with van der Waals surface area (Å²) in [6.45, 7) is 20.4. The van der Waals surface area contributed by atoms with Gasteiger partial charge in [0.1, 0.15) is 5.83 Å². The summed E-state index contributed by atoms with van der Waals surface area (Å²) >= 11 is 5.68. The minimum Gasteiger partial charge on any atom is -0.290 e. The van der Waals surface area contributed by atoms with Gasteiger partial charge in [0.25, 0.3) is 0 Å². The number of hydrogen-bond donors (Lipinski definition) is 0. The molecule has 23 heavy (non-hydrogen) atoms. The maximum Gasteiger partial charge on any atom is 0.141 e. The van der Waals surface area contributed by atoms with Gasteiger partial charge in [-0.1, -0.05) is 57.9 Å². The standard InChI is InChI=1S/C11H15ClFN.C4H8.C3H6.C2H6/c1-5-11(13)10(12)7-8(3)9(4)14-6-2;1-4-2-3-4;1-3-2;1-2/h5-7,9H,1H2,2-4H3;4H,2-3H2,1H3;3H,1H2,2H3;1-2H3/b8-7+,11-10-,14-6?;;;. The van der Waals surface area contributed by atoms with Crippen molar-refractivity contribution < 1.29 is 4.39 Å². The van der Waals surface area contributed by atoms with Crippen LogP contribution in [-0.4, -0.2) is 12.3 Å². The first-order valence-electron chi connectivity index (χ1n) is 8.24. The van der Waals surface area contributed by atoms with Gasteiger partial charge < -0.3 is 0 Å². The van der Waals surface area contributed by atoms with Crippen LogP contribution in [-0.2, 0) is 0 Å². The van der Waals surface area contributed by atoms with Crippen LogP contribution in [0.2, 0.25) is 0 Å². The van der Waals surface area contributed by atoms with Crippen molar-refractivity contribution in [3.8, 4) is 0 Å². The lowest BCUT2D eigenvalue weighted by molar-refractivity contribution is 0.664. The summed E-state index contributed by atoms with van der Waals surface area (Å²) in [6, 6.07) is 0.0198. The molecule has 1 aliphatic carbocycles. The van der Waals surface area contributed by atoms with Gasteiger partial charge in [-0.05, 0) is 57.6 Å². The van der Waals surface area contributed by atoms with E-state index in [4.69, 9.17) is 11.6 Å². The Morgan fingerprint density at radius 2 is 1.65 bits per heavy atom. The molecule has 0 heterocycles. The minimum absolute atomic E-state index is 0.0198. The Hall–Kier alpha value is -1.15. The molecule has 134 valence electrons. The topological polar surface area (TPSA) is 12.4 Å². The predicted octanol–water partition coefficient (Wildman–Crippen LogP) is 7.65. The number of halogens is 2. The molecule has 1 aliphatic rings. The molecule has 0 N–H and O–H groups in total. The van der Waals surface area contributed by atoms with Gasteiger partial charge in [-0.15, -0.1) is 6.58 Å². The number of nitrogens with zero attached hydrogens (tertiary/aromatic N) is 1. The molecule has 1 saturated carbocycles. The van der Waals surface area contributed by atoms with Gasteiger partial charge in [0.15, 0.2) is 0 Å². The fourth-order valence-electron chi connectivity index (χ4n) is 0.995.